The molecular formula is C21H26IN5O. The molecule has 0 saturated carbocycles. The minimum Gasteiger partial charge on any atom is -0.353 e. The molecule has 1 aliphatic heterocycles. The summed E-state index contributed by atoms with van der Waals surface area (Å²) < 4.78 is 1.18. The van der Waals surface area contributed by atoms with Crippen LogP contribution >= 0.6 is 22.6 Å². The van der Waals surface area contributed by atoms with Crippen molar-refractivity contribution in [2.45, 2.75) is 38.1 Å². The molecule has 0 bridgehead atoms. The lowest BCUT2D eigenvalue weighted by Gasteiger charge is -2.37. The first kappa shape index (κ1) is 19.6. The van der Waals surface area contributed by atoms with Crippen molar-refractivity contribution < 1.29 is 4.79 Å². The van der Waals surface area contributed by atoms with E-state index in [1.807, 2.05) is 29.2 Å². The second-order valence-corrected chi connectivity index (χ2v) is 8.99. The first-order chi connectivity index (χ1) is 13.5. The van der Waals surface area contributed by atoms with Gasteiger partial charge in [-0.05, 0) is 65.5 Å². The van der Waals surface area contributed by atoms with Crippen molar-refractivity contribution in [2.24, 2.45) is 5.73 Å². The lowest BCUT2D eigenvalue weighted by atomic mass is 10.0. The van der Waals surface area contributed by atoms with Crippen molar-refractivity contribution in [3.8, 4) is 0 Å². The van der Waals surface area contributed by atoms with Gasteiger partial charge in [0.1, 0.15) is 12.1 Å². The number of hydrogen-bond donors (Lipinski definition) is 1. The van der Waals surface area contributed by atoms with Crippen molar-refractivity contribution in [1.82, 2.24) is 14.9 Å². The van der Waals surface area contributed by atoms with E-state index in [1.54, 1.807) is 6.33 Å². The Morgan fingerprint density at radius 1 is 1.21 bits per heavy atom. The lowest BCUT2D eigenvalue weighted by Crippen LogP contribution is -2.54. The van der Waals surface area contributed by atoms with Gasteiger partial charge in [-0.15, -0.1) is 0 Å². The topological polar surface area (TPSA) is 75.4 Å². The molecule has 6 nitrogen and oxygen atoms in total. The molecular weight excluding hydrogens is 465 g/mol. The zero-order valence-corrected chi connectivity index (χ0v) is 18.3. The van der Waals surface area contributed by atoms with Crippen LogP contribution in [0.2, 0.25) is 0 Å². The fraction of sp³-hybridized carbons (Fsp3) is 0.476. The van der Waals surface area contributed by atoms with Crippen LogP contribution in [0.5, 0.6) is 0 Å². The number of halogens is 1. The zero-order valence-electron chi connectivity index (χ0n) is 16.1. The third-order valence-electron chi connectivity index (χ3n) is 5.83. The van der Waals surface area contributed by atoms with Crippen LogP contribution in [-0.4, -0.2) is 53.0 Å². The zero-order chi connectivity index (χ0) is 19.7. The van der Waals surface area contributed by atoms with Crippen molar-refractivity contribution in [3.05, 3.63) is 51.0 Å². The fourth-order valence-electron chi connectivity index (χ4n) is 4.21. The van der Waals surface area contributed by atoms with Crippen LogP contribution in [0, 0.1) is 3.57 Å². The number of aryl methyl sites for hydroxylation is 1. The minimum atomic E-state index is -0.491. The maximum Gasteiger partial charge on any atom is 0.239 e. The number of nitrogens with two attached hydrogens (primary N) is 1. The highest BCUT2D eigenvalue weighted by Crippen LogP contribution is 2.37. The Hall–Kier alpha value is -1.74. The van der Waals surface area contributed by atoms with E-state index in [2.05, 4.69) is 44.4 Å². The Kier molecular flexibility index (Phi) is 5.82. The molecule has 1 aliphatic carbocycles. The van der Waals surface area contributed by atoms with E-state index in [0.717, 1.165) is 37.3 Å². The first-order valence-corrected chi connectivity index (χ1v) is 11.0. The summed E-state index contributed by atoms with van der Waals surface area (Å²) in [5, 5.41) is 0. The van der Waals surface area contributed by atoms with Crippen molar-refractivity contribution in [3.63, 3.8) is 0 Å². The molecule has 1 aromatic heterocycles. The van der Waals surface area contributed by atoms with Crippen LogP contribution in [0.3, 0.4) is 0 Å². The maximum atomic E-state index is 12.8. The van der Waals surface area contributed by atoms with Crippen LogP contribution in [-0.2, 0) is 17.6 Å². The lowest BCUT2D eigenvalue weighted by molar-refractivity contribution is -0.132. The summed E-state index contributed by atoms with van der Waals surface area (Å²) in [5.74, 6) is 1.61. The molecule has 1 fully saturated rings. The van der Waals surface area contributed by atoms with E-state index < -0.39 is 6.04 Å². The van der Waals surface area contributed by atoms with E-state index in [4.69, 9.17) is 5.73 Å². The summed E-state index contributed by atoms with van der Waals surface area (Å²) in [6.45, 7) is 5.21. The molecule has 2 N–H and O–H groups in total. The second-order valence-electron chi connectivity index (χ2n) is 7.75. The van der Waals surface area contributed by atoms with Gasteiger partial charge >= 0.3 is 0 Å². The number of anilines is 1. The predicted octanol–water partition coefficient (Wildman–Crippen LogP) is 2.35. The molecule has 1 saturated heterocycles. The van der Waals surface area contributed by atoms with Gasteiger partial charge in [0.05, 0.1) is 6.04 Å². The Bertz CT molecular complexity index is 848. The first-order valence-electron chi connectivity index (χ1n) is 9.90. The molecule has 2 aliphatic rings. The van der Waals surface area contributed by atoms with E-state index in [0.29, 0.717) is 25.4 Å². The Morgan fingerprint density at radius 2 is 1.93 bits per heavy atom. The Balaban J connectivity index is 1.37. The van der Waals surface area contributed by atoms with Gasteiger partial charge in [0, 0.05) is 41.0 Å². The Morgan fingerprint density at radius 3 is 2.64 bits per heavy atom. The quantitative estimate of drug-likeness (QED) is 0.665. The third-order valence-corrected chi connectivity index (χ3v) is 6.55. The highest BCUT2D eigenvalue weighted by Gasteiger charge is 2.30. The van der Waals surface area contributed by atoms with E-state index in [-0.39, 0.29) is 5.91 Å². The number of nitrogens with zero attached hydrogens (tertiary/aromatic N) is 4. The summed E-state index contributed by atoms with van der Waals surface area (Å²) >= 11 is 2.28. The van der Waals surface area contributed by atoms with Crippen molar-refractivity contribution >= 4 is 34.3 Å². The molecule has 4 rings (SSSR count). The molecule has 7 heteroatoms. The van der Waals surface area contributed by atoms with Gasteiger partial charge in [-0.1, -0.05) is 19.1 Å². The average Bonchev–Trinajstić information content (AvgIpc) is 3.10. The number of benzene rings is 1. The van der Waals surface area contributed by atoms with Gasteiger partial charge in [-0.25, -0.2) is 9.97 Å². The number of amides is 1. The molecule has 1 aromatic carbocycles. The Labute approximate surface area is 179 Å². The SMILES string of the molecule is C[C@@H]1CCc2ncnc(N3CCN(C(=O)[C@H](N)Cc4ccc(I)cc4)CC3)c21. The molecule has 1 amide bonds. The molecule has 148 valence electrons. The van der Waals surface area contributed by atoms with Gasteiger partial charge in [-0.3, -0.25) is 4.79 Å². The number of carbonyl (C=O) groups excluding carboxylic acids is 1. The fourth-order valence-corrected chi connectivity index (χ4v) is 4.57. The van der Waals surface area contributed by atoms with Crippen molar-refractivity contribution in [1.29, 1.82) is 0 Å². The van der Waals surface area contributed by atoms with Gasteiger partial charge in [0.2, 0.25) is 5.91 Å². The van der Waals surface area contributed by atoms with Crippen LogP contribution < -0.4 is 10.6 Å². The summed E-state index contributed by atoms with van der Waals surface area (Å²) in [4.78, 5) is 26.0. The number of hydrogen-bond acceptors (Lipinski definition) is 5. The van der Waals surface area contributed by atoms with Crippen molar-refractivity contribution in [2.75, 3.05) is 31.1 Å². The monoisotopic (exact) mass is 491 g/mol. The van der Waals surface area contributed by atoms with Gasteiger partial charge in [0.15, 0.2) is 0 Å². The second kappa shape index (κ2) is 8.32. The minimum absolute atomic E-state index is 0.0412. The molecule has 0 unspecified atom stereocenters. The summed E-state index contributed by atoms with van der Waals surface area (Å²) in [5.41, 5.74) is 9.82. The predicted molar refractivity (Wildman–Crippen MR) is 118 cm³/mol. The number of carbonyl (C=O) groups is 1. The van der Waals surface area contributed by atoms with E-state index in [1.165, 1.54) is 14.8 Å². The number of rotatable bonds is 4. The van der Waals surface area contributed by atoms with Crippen LogP contribution in [0.1, 0.15) is 36.1 Å². The number of fused-ring (bicyclic) bond motifs is 1. The molecule has 2 atom stereocenters. The average molecular weight is 491 g/mol. The molecule has 28 heavy (non-hydrogen) atoms. The van der Waals surface area contributed by atoms with Crippen LogP contribution in [0.15, 0.2) is 30.6 Å². The highest BCUT2D eigenvalue weighted by atomic mass is 127. The van der Waals surface area contributed by atoms with E-state index >= 15 is 0 Å². The number of aromatic nitrogens is 2. The maximum absolute atomic E-state index is 12.8. The number of piperazine rings is 1. The van der Waals surface area contributed by atoms with Gasteiger partial charge in [0.25, 0.3) is 0 Å². The standard InChI is InChI=1S/C21H26IN5O/c1-14-2-7-18-19(14)20(25-13-24-18)26-8-10-27(11-9-26)21(28)17(23)12-15-3-5-16(22)6-4-15/h3-6,13-14,17H,2,7-12,23H2,1H3/t14-,17-/m1/s1. The summed E-state index contributed by atoms with van der Waals surface area (Å²) in [7, 11) is 0. The van der Waals surface area contributed by atoms with E-state index in [9.17, 15) is 4.79 Å². The highest BCUT2D eigenvalue weighted by molar-refractivity contribution is 14.1. The molecule has 2 heterocycles. The molecule has 2 aromatic rings. The van der Waals surface area contributed by atoms with Gasteiger partial charge < -0.3 is 15.5 Å². The summed E-state index contributed by atoms with van der Waals surface area (Å²) in [6.07, 6.45) is 4.44. The van der Waals surface area contributed by atoms with Crippen LogP contribution in [0.25, 0.3) is 0 Å². The largest absolute Gasteiger partial charge is 0.353 e. The van der Waals surface area contributed by atoms with Crippen LogP contribution in [0.4, 0.5) is 5.82 Å². The summed E-state index contributed by atoms with van der Waals surface area (Å²) in [6, 6.07) is 7.70. The van der Waals surface area contributed by atoms with Gasteiger partial charge in [-0.2, -0.15) is 0 Å². The third kappa shape index (κ3) is 4.00. The smallest absolute Gasteiger partial charge is 0.239 e. The molecule has 0 radical (unpaired) electrons. The molecule has 0 spiro atoms. The normalized spacial score (nSPS) is 20.2.